The maximum Gasteiger partial charge on any atom is 0.342 e. The quantitative estimate of drug-likeness (QED) is 0.234. The number of Topliss-reactive ketones (excluding diaryl/α,β-unsaturated/α-hetero) is 1. The number of ether oxygens (including phenoxy) is 1. The first-order chi connectivity index (χ1) is 7.36. The van der Waals surface area contributed by atoms with Crippen molar-refractivity contribution < 1.29 is 39.9 Å². The van der Waals surface area contributed by atoms with E-state index < -0.39 is 42.8 Å². The normalized spacial score (nSPS) is 18.4. The fourth-order valence-corrected chi connectivity index (χ4v) is 0.876. The highest BCUT2D eigenvalue weighted by Gasteiger charge is 2.36. The number of hydrogen-bond acceptors (Lipinski definition) is 8. The van der Waals surface area contributed by atoms with Crippen molar-refractivity contribution in [2.75, 3.05) is 13.7 Å². The first kappa shape index (κ1) is 14.9. The van der Waals surface area contributed by atoms with E-state index in [1.54, 1.807) is 0 Å². The fourth-order valence-electron chi connectivity index (χ4n) is 0.876. The van der Waals surface area contributed by atoms with Crippen molar-refractivity contribution in [1.82, 2.24) is 0 Å². The molecular formula is C8H14O8. The van der Waals surface area contributed by atoms with Gasteiger partial charge in [-0.15, -0.1) is 0 Å². The number of aliphatic hydroxyl groups excluding tert-OH is 5. The molecule has 8 heteroatoms. The lowest BCUT2D eigenvalue weighted by Crippen LogP contribution is -2.49. The molecule has 0 aliphatic rings. The van der Waals surface area contributed by atoms with E-state index in [1.807, 2.05) is 0 Å². The zero-order chi connectivity index (χ0) is 12.9. The maximum absolute atomic E-state index is 11.2. The van der Waals surface area contributed by atoms with Crippen LogP contribution in [0.5, 0.6) is 0 Å². The maximum atomic E-state index is 11.2. The van der Waals surface area contributed by atoms with Gasteiger partial charge in [0.2, 0.25) is 11.9 Å². The van der Waals surface area contributed by atoms with Gasteiger partial charge in [-0.1, -0.05) is 0 Å². The molecule has 5 N–H and O–H groups in total. The van der Waals surface area contributed by atoms with Gasteiger partial charge >= 0.3 is 5.97 Å². The van der Waals surface area contributed by atoms with Gasteiger partial charge in [0.05, 0.1) is 13.7 Å². The number of ketones is 1. The summed E-state index contributed by atoms with van der Waals surface area (Å²) < 4.78 is 4.04. The molecule has 0 radical (unpaired) electrons. The lowest BCUT2D eigenvalue weighted by Gasteiger charge is -2.21. The molecule has 0 saturated carbocycles. The third kappa shape index (κ3) is 3.51. The predicted molar refractivity (Wildman–Crippen MR) is 48.1 cm³/mol. The van der Waals surface area contributed by atoms with Crippen LogP contribution < -0.4 is 0 Å². The minimum absolute atomic E-state index is 0.889. The van der Waals surface area contributed by atoms with Gasteiger partial charge in [-0.05, 0) is 0 Å². The Morgan fingerprint density at radius 2 is 1.69 bits per heavy atom. The van der Waals surface area contributed by atoms with Crippen molar-refractivity contribution in [3.8, 4) is 0 Å². The van der Waals surface area contributed by atoms with E-state index in [0.29, 0.717) is 0 Å². The van der Waals surface area contributed by atoms with Crippen LogP contribution in [-0.2, 0) is 14.3 Å². The highest BCUT2D eigenvalue weighted by molar-refractivity contribution is 6.03. The van der Waals surface area contributed by atoms with Crippen molar-refractivity contribution in [2.45, 2.75) is 24.4 Å². The summed E-state index contributed by atoms with van der Waals surface area (Å²) in [5.74, 6) is -2.72. The van der Waals surface area contributed by atoms with E-state index in [4.69, 9.17) is 25.5 Å². The number of methoxy groups -OCH3 is 1. The van der Waals surface area contributed by atoms with Gasteiger partial charge in [-0.3, -0.25) is 4.79 Å². The van der Waals surface area contributed by atoms with Crippen molar-refractivity contribution >= 4 is 11.8 Å². The molecule has 0 amide bonds. The number of rotatable bonds is 6. The van der Waals surface area contributed by atoms with Gasteiger partial charge < -0.3 is 30.3 Å². The molecule has 0 fully saturated rings. The Kier molecular flexibility index (Phi) is 6.08. The molecule has 0 heterocycles. The average Bonchev–Trinajstić information content (AvgIpc) is 2.32. The second-order valence-corrected chi connectivity index (χ2v) is 3.01. The minimum atomic E-state index is -2.25. The molecular weight excluding hydrogens is 224 g/mol. The van der Waals surface area contributed by atoms with Crippen LogP contribution in [-0.4, -0.2) is 75.4 Å². The van der Waals surface area contributed by atoms with Gasteiger partial charge in [0.25, 0.3) is 0 Å². The van der Waals surface area contributed by atoms with Crippen molar-refractivity contribution in [3.05, 3.63) is 0 Å². The Bertz CT molecular complexity index is 252. The van der Waals surface area contributed by atoms with Crippen molar-refractivity contribution in [1.29, 1.82) is 0 Å². The summed E-state index contributed by atoms with van der Waals surface area (Å²) >= 11 is 0. The largest absolute Gasteiger partial charge is 0.467 e. The Hall–Kier alpha value is -1.06. The number of carbonyl (C=O) groups excluding carboxylic acids is 2. The van der Waals surface area contributed by atoms with E-state index in [-0.39, 0.29) is 0 Å². The Labute approximate surface area is 90.7 Å². The van der Waals surface area contributed by atoms with E-state index >= 15 is 0 Å². The summed E-state index contributed by atoms with van der Waals surface area (Å²) in [6.07, 6.45) is -8.21. The molecule has 0 aliphatic carbocycles. The van der Waals surface area contributed by atoms with E-state index in [0.717, 1.165) is 7.11 Å². The summed E-state index contributed by atoms with van der Waals surface area (Å²) in [6, 6.07) is 0. The summed E-state index contributed by atoms with van der Waals surface area (Å²) in [4.78, 5) is 21.9. The molecule has 0 saturated heterocycles. The summed E-state index contributed by atoms with van der Waals surface area (Å²) in [6.45, 7) is -0.889. The van der Waals surface area contributed by atoms with Crippen LogP contribution in [0, 0.1) is 0 Å². The molecule has 4 atom stereocenters. The van der Waals surface area contributed by atoms with Crippen LogP contribution >= 0.6 is 0 Å². The molecule has 0 aromatic rings. The van der Waals surface area contributed by atoms with E-state index in [2.05, 4.69) is 4.74 Å². The van der Waals surface area contributed by atoms with Gasteiger partial charge in [-0.2, -0.15) is 0 Å². The second-order valence-electron chi connectivity index (χ2n) is 3.01. The lowest BCUT2D eigenvalue weighted by atomic mass is 10.0. The monoisotopic (exact) mass is 238 g/mol. The van der Waals surface area contributed by atoms with Crippen molar-refractivity contribution in [3.63, 3.8) is 0 Å². The standard InChI is InChI=1S/C8H14O8/c1-16-8(15)7(14)6(13)5(12)4(11)3(10)2-9/h3-5,7,9-12,14H,2H2,1H3/t3?,4-,5-,7-/m0/s1. The highest BCUT2D eigenvalue weighted by Crippen LogP contribution is 2.05. The molecule has 16 heavy (non-hydrogen) atoms. The Morgan fingerprint density at radius 1 is 1.19 bits per heavy atom. The van der Waals surface area contributed by atoms with Gasteiger partial charge in [-0.25, -0.2) is 4.79 Å². The van der Waals surface area contributed by atoms with Gasteiger partial charge in [0.1, 0.15) is 18.3 Å². The predicted octanol–water partition coefficient (Wildman–Crippen LogP) is -3.84. The number of hydrogen-bond donors (Lipinski definition) is 5. The molecule has 0 rings (SSSR count). The van der Waals surface area contributed by atoms with Gasteiger partial charge in [0, 0.05) is 0 Å². The highest BCUT2D eigenvalue weighted by atomic mass is 16.5. The zero-order valence-corrected chi connectivity index (χ0v) is 8.48. The first-order valence-corrected chi connectivity index (χ1v) is 4.31. The number of esters is 1. The average molecular weight is 238 g/mol. The molecule has 1 unspecified atom stereocenters. The number of aliphatic hydroxyl groups is 5. The van der Waals surface area contributed by atoms with E-state index in [9.17, 15) is 9.59 Å². The zero-order valence-electron chi connectivity index (χ0n) is 8.48. The SMILES string of the molecule is COC(=O)[C@@H](O)C(=O)[C@@H](O)[C@@H](O)C(O)CO. The molecule has 8 nitrogen and oxygen atoms in total. The van der Waals surface area contributed by atoms with Crippen LogP contribution in [0.2, 0.25) is 0 Å². The summed E-state index contributed by atoms with van der Waals surface area (Å²) in [5.41, 5.74) is 0. The molecule has 0 bridgehead atoms. The molecule has 0 spiro atoms. The third-order valence-corrected chi connectivity index (χ3v) is 1.89. The fraction of sp³-hybridized carbons (Fsp3) is 0.750. The first-order valence-electron chi connectivity index (χ1n) is 4.31. The summed E-state index contributed by atoms with van der Waals surface area (Å²) in [7, 11) is 0.921. The molecule has 94 valence electrons. The van der Waals surface area contributed by atoms with Crippen LogP contribution in [0.15, 0.2) is 0 Å². The number of carbonyl (C=O) groups is 2. The van der Waals surface area contributed by atoms with Crippen LogP contribution in [0.1, 0.15) is 0 Å². The smallest absolute Gasteiger partial charge is 0.342 e. The molecule has 0 aromatic heterocycles. The summed E-state index contributed by atoms with van der Waals surface area (Å²) in [5, 5.41) is 44.7. The van der Waals surface area contributed by atoms with E-state index in [1.165, 1.54) is 0 Å². The van der Waals surface area contributed by atoms with Gasteiger partial charge in [0.15, 0.2) is 0 Å². The minimum Gasteiger partial charge on any atom is -0.467 e. The topological polar surface area (TPSA) is 145 Å². The molecule has 0 aliphatic heterocycles. The molecule has 0 aromatic carbocycles. The van der Waals surface area contributed by atoms with Crippen LogP contribution in [0.4, 0.5) is 0 Å². The third-order valence-electron chi connectivity index (χ3n) is 1.89. The van der Waals surface area contributed by atoms with Crippen LogP contribution in [0.3, 0.4) is 0 Å². The lowest BCUT2D eigenvalue weighted by molar-refractivity contribution is -0.163. The van der Waals surface area contributed by atoms with Crippen molar-refractivity contribution in [2.24, 2.45) is 0 Å². The Morgan fingerprint density at radius 3 is 2.06 bits per heavy atom. The van der Waals surface area contributed by atoms with Crippen LogP contribution in [0.25, 0.3) is 0 Å². The second kappa shape index (κ2) is 6.51. The Balaban J connectivity index is 4.54.